The molecule has 1 rings (SSSR count). The van der Waals surface area contributed by atoms with Crippen LogP contribution in [0.3, 0.4) is 0 Å². The molecule has 4 nitrogen and oxygen atoms in total. The Kier molecular flexibility index (Phi) is 12.5. The molecular formula is C31H44N4. The monoisotopic (exact) mass is 472 g/mol. The summed E-state index contributed by atoms with van der Waals surface area (Å²) >= 11 is 0. The van der Waals surface area contributed by atoms with Gasteiger partial charge < -0.3 is 10.6 Å². The van der Waals surface area contributed by atoms with E-state index in [1.54, 1.807) is 13.2 Å². The number of hydrogen-bond donors (Lipinski definition) is 2. The van der Waals surface area contributed by atoms with Crippen LogP contribution in [-0.2, 0) is 6.54 Å². The lowest BCUT2D eigenvalue weighted by atomic mass is 9.86. The van der Waals surface area contributed by atoms with Gasteiger partial charge in [0.2, 0.25) is 0 Å². The van der Waals surface area contributed by atoms with Crippen molar-refractivity contribution in [3.8, 4) is 0 Å². The third kappa shape index (κ3) is 9.78. The van der Waals surface area contributed by atoms with Crippen LogP contribution in [0.1, 0.15) is 53.5 Å². The average Bonchev–Trinajstić information content (AvgIpc) is 2.82. The van der Waals surface area contributed by atoms with Crippen LogP contribution in [-0.4, -0.2) is 25.1 Å². The van der Waals surface area contributed by atoms with Gasteiger partial charge in [0, 0.05) is 26.3 Å². The van der Waals surface area contributed by atoms with Gasteiger partial charge in [-0.3, -0.25) is 9.98 Å². The highest BCUT2D eigenvalue weighted by atomic mass is 15.0. The molecule has 0 heterocycles. The van der Waals surface area contributed by atoms with Crippen LogP contribution in [0, 0.1) is 5.41 Å². The fraction of sp³-hybridized carbons (Fsp3) is 0.355. The molecule has 0 fully saturated rings. The van der Waals surface area contributed by atoms with Crippen LogP contribution in [0.2, 0.25) is 0 Å². The Bertz CT molecular complexity index is 1030. The summed E-state index contributed by atoms with van der Waals surface area (Å²) in [5.74, 6) is 0.839. The van der Waals surface area contributed by atoms with Crippen LogP contribution in [0.25, 0.3) is 0 Å². The molecule has 0 aliphatic heterocycles. The van der Waals surface area contributed by atoms with Gasteiger partial charge in [-0.2, -0.15) is 0 Å². The Labute approximate surface area is 213 Å². The average molecular weight is 473 g/mol. The van der Waals surface area contributed by atoms with Gasteiger partial charge in [-0.15, -0.1) is 0 Å². The Hall–Kier alpha value is -3.40. The molecule has 4 heteroatoms. The van der Waals surface area contributed by atoms with E-state index in [1.807, 2.05) is 31.2 Å². The smallest absolute Gasteiger partial charge is 0.124 e. The van der Waals surface area contributed by atoms with Crippen molar-refractivity contribution < 1.29 is 0 Å². The fourth-order valence-electron chi connectivity index (χ4n) is 3.45. The molecule has 1 aromatic carbocycles. The number of nitrogens with one attached hydrogen (secondary N) is 2. The van der Waals surface area contributed by atoms with Crippen molar-refractivity contribution in [1.82, 2.24) is 10.6 Å². The number of allylic oxidation sites excluding steroid dienone is 4. The molecule has 0 saturated heterocycles. The van der Waals surface area contributed by atoms with Crippen molar-refractivity contribution in [3.05, 3.63) is 108 Å². The van der Waals surface area contributed by atoms with Gasteiger partial charge >= 0.3 is 0 Å². The van der Waals surface area contributed by atoms with Gasteiger partial charge in [0.1, 0.15) is 5.84 Å². The zero-order valence-corrected chi connectivity index (χ0v) is 22.8. The highest BCUT2D eigenvalue weighted by Crippen LogP contribution is 2.25. The minimum absolute atomic E-state index is 0.0111. The summed E-state index contributed by atoms with van der Waals surface area (Å²) in [6, 6.07) is 10.3. The second-order valence-corrected chi connectivity index (χ2v) is 9.36. The molecule has 188 valence electrons. The van der Waals surface area contributed by atoms with Crippen molar-refractivity contribution in [1.29, 1.82) is 0 Å². The van der Waals surface area contributed by atoms with Gasteiger partial charge in [0.05, 0.1) is 11.4 Å². The zero-order chi connectivity index (χ0) is 26.4. The zero-order valence-electron chi connectivity index (χ0n) is 22.8. The third-order valence-corrected chi connectivity index (χ3v) is 5.69. The summed E-state index contributed by atoms with van der Waals surface area (Å²) in [5, 5.41) is 6.94. The second kappa shape index (κ2) is 14.8. The highest BCUT2D eigenvalue weighted by Gasteiger charge is 2.17. The first kappa shape index (κ1) is 29.6. The predicted molar refractivity (Wildman–Crippen MR) is 156 cm³/mol. The van der Waals surface area contributed by atoms with Crippen molar-refractivity contribution in [2.24, 2.45) is 15.4 Å². The molecule has 0 spiro atoms. The molecule has 0 aliphatic carbocycles. The van der Waals surface area contributed by atoms with Crippen molar-refractivity contribution in [2.45, 2.75) is 54.5 Å². The predicted octanol–water partition coefficient (Wildman–Crippen LogP) is 7.32. The molecular weight excluding hydrogens is 428 g/mol. The van der Waals surface area contributed by atoms with Gasteiger partial charge in [-0.25, -0.2) is 0 Å². The summed E-state index contributed by atoms with van der Waals surface area (Å²) in [4.78, 5) is 9.11. The summed E-state index contributed by atoms with van der Waals surface area (Å²) in [7, 11) is 1.80. The topological polar surface area (TPSA) is 48.8 Å². The molecule has 35 heavy (non-hydrogen) atoms. The number of aliphatic imine (C=N–C) groups is 2. The fourth-order valence-corrected chi connectivity index (χ4v) is 3.45. The minimum Gasteiger partial charge on any atom is -0.380 e. The Morgan fingerprint density at radius 2 is 1.74 bits per heavy atom. The summed E-state index contributed by atoms with van der Waals surface area (Å²) in [6.45, 7) is 26.4. The van der Waals surface area contributed by atoms with Gasteiger partial charge in [-0.1, -0.05) is 96.0 Å². The number of benzene rings is 1. The Morgan fingerprint density at radius 1 is 1.09 bits per heavy atom. The molecule has 0 atom stereocenters. The van der Waals surface area contributed by atoms with E-state index in [0.29, 0.717) is 13.1 Å². The highest BCUT2D eigenvalue weighted by molar-refractivity contribution is 6.16. The maximum atomic E-state index is 4.60. The van der Waals surface area contributed by atoms with Crippen molar-refractivity contribution in [3.63, 3.8) is 0 Å². The van der Waals surface area contributed by atoms with Crippen LogP contribution < -0.4 is 10.6 Å². The summed E-state index contributed by atoms with van der Waals surface area (Å²) in [6.07, 6.45) is 8.62. The molecule has 1 aromatic rings. The van der Waals surface area contributed by atoms with E-state index in [2.05, 4.69) is 99.3 Å². The molecule has 0 amide bonds. The lowest BCUT2D eigenvalue weighted by Gasteiger charge is -2.21. The first-order valence-electron chi connectivity index (χ1n) is 12.2. The van der Waals surface area contributed by atoms with Crippen LogP contribution >= 0.6 is 0 Å². The van der Waals surface area contributed by atoms with Crippen LogP contribution in [0.5, 0.6) is 0 Å². The normalized spacial score (nSPS) is 14.0. The number of rotatable bonds is 12. The largest absolute Gasteiger partial charge is 0.380 e. The first-order chi connectivity index (χ1) is 16.6. The molecule has 0 saturated carbocycles. The third-order valence-electron chi connectivity index (χ3n) is 5.69. The van der Waals surface area contributed by atoms with Gasteiger partial charge in [-0.05, 0) is 53.5 Å². The minimum atomic E-state index is 0.0111. The molecule has 0 aromatic heterocycles. The van der Waals surface area contributed by atoms with Crippen LogP contribution in [0.4, 0.5) is 0 Å². The summed E-state index contributed by atoms with van der Waals surface area (Å²) in [5.41, 5.74) is 7.07. The maximum absolute atomic E-state index is 4.60. The van der Waals surface area contributed by atoms with E-state index in [0.717, 1.165) is 46.0 Å². The molecule has 0 radical (unpaired) electrons. The van der Waals surface area contributed by atoms with E-state index >= 15 is 0 Å². The van der Waals surface area contributed by atoms with E-state index in [-0.39, 0.29) is 5.41 Å². The Balaban J connectivity index is 3.16. The molecule has 2 N–H and O–H groups in total. The quantitative estimate of drug-likeness (QED) is 0.190. The lowest BCUT2D eigenvalue weighted by molar-refractivity contribution is 0.518. The maximum Gasteiger partial charge on any atom is 0.124 e. The van der Waals surface area contributed by atoms with E-state index in [1.165, 1.54) is 5.56 Å². The van der Waals surface area contributed by atoms with Crippen molar-refractivity contribution in [2.75, 3.05) is 13.6 Å². The molecule has 0 unspecified atom stereocenters. The number of amidine groups is 1. The molecule has 0 aliphatic rings. The number of hydrogen-bond acceptors (Lipinski definition) is 3. The van der Waals surface area contributed by atoms with E-state index in [9.17, 15) is 0 Å². The van der Waals surface area contributed by atoms with Gasteiger partial charge in [0.25, 0.3) is 0 Å². The second-order valence-electron chi connectivity index (χ2n) is 9.36. The Morgan fingerprint density at radius 3 is 2.26 bits per heavy atom. The number of nitrogens with zero attached hydrogens (tertiary/aromatic N) is 2. The summed E-state index contributed by atoms with van der Waals surface area (Å²) < 4.78 is 0. The van der Waals surface area contributed by atoms with Crippen LogP contribution in [0.15, 0.2) is 112 Å². The lowest BCUT2D eigenvalue weighted by Crippen LogP contribution is -2.28. The first-order valence-corrected chi connectivity index (χ1v) is 12.2. The SMILES string of the molecule is C=CN=C(C(=C)NCC(/C=C\C)=C/C(=C)C(C)(C)C)/C(CC)=C(\C)C(=NC)NCc1ccccc1. The van der Waals surface area contributed by atoms with Gasteiger partial charge in [0.15, 0.2) is 0 Å². The van der Waals surface area contributed by atoms with E-state index in [4.69, 9.17) is 0 Å². The molecule has 0 bridgehead atoms. The van der Waals surface area contributed by atoms with Crippen molar-refractivity contribution >= 4 is 11.5 Å². The standard InChI is InChI=1S/C31H44N4/c1-11-17-27(20-23(4)31(7,8)9)22-34-25(6)29(33-13-3)28(12-2)24(5)30(32-10)35-21-26-18-15-14-16-19-26/h11,13-20,34H,3-4,6,12,21-22H2,1-2,5,7-10H3,(H,32,35)/b17-11-,27-20+,28-24+,33-29?. The van der Waals surface area contributed by atoms with E-state index < -0.39 is 0 Å².